The summed E-state index contributed by atoms with van der Waals surface area (Å²) in [6.07, 6.45) is 1.18. The summed E-state index contributed by atoms with van der Waals surface area (Å²) >= 11 is 0. The number of unbranched alkanes of at least 4 members (excludes halogenated alkanes) is 1. The number of primary amides is 1. The van der Waals surface area contributed by atoms with E-state index in [1.165, 1.54) is 0 Å². The minimum atomic E-state index is -1.04. The Kier molecular flexibility index (Phi) is 71.6. The molecule has 3 atom stereocenters. The summed E-state index contributed by atoms with van der Waals surface area (Å²) in [6, 6.07) is 20.3. The number of ether oxygens (including phenoxy) is 25. The molecule has 0 aromatic heterocycles. The van der Waals surface area contributed by atoms with E-state index < -0.39 is 36.2 Å². The van der Waals surface area contributed by atoms with Crippen molar-refractivity contribution in [2.75, 3.05) is 336 Å². The minimum Gasteiger partial charge on any atom is -0.449 e. The number of urea groups is 1. The fourth-order valence-corrected chi connectivity index (χ4v) is 11.7. The van der Waals surface area contributed by atoms with Gasteiger partial charge in [0.1, 0.15) is 25.3 Å². The van der Waals surface area contributed by atoms with E-state index in [9.17, 15) is 28.8 Å². The average Bonchev–Trinajstić information content (AvgIpc) is 1.62. The highest BCUT2D eigenvalue weighted by Crippen LogP contribution is 2.44. The van der Waals surface area contributed by atoms with Crippen LogP contribution in [0.3, 0.4) is 0 Å². The van der Waals surface area contributed by atoms with Crippen molar-refractivity contribution < 1.29 is 147 Å². The Hall–Kier alpha value is -7.04. The standard InChI is InChI=1S/C89H148N7O31/c1-73(2)84(86(99)93-75(4)12-11-24-92-87(90)100)96-85(98)82(95-89(102)127-72-81-79-15-7-5-13-77(79)78-14-6-8-16-80(78)81)17-9-10-23-91-83(97)22-25-103-26-27-104-28-29-105-30-31-106-32-33-107-34-35-108-36-37-109-38-39-110-40-41-111-42-43-112-44-45-113-46-47-114-48-49-115-50-51-116-52-53-117-54-55-118-56-57-119-58-59-120-60-61-121-62-63-122-64-65-123-66-67-124-68-69-125-70-71-126-88(101)94-76-20-18-74(3)19-21-76/h5-8,13-16,18-21,73,75,81-82,84H,3,9-12,17,22-72H2,1-2,4H3,(H,91,97)(H,93,99)(H,94,101)(H,95,102)(H,96,98)(H3,90,92,100)/t75-,82-,84-/m0/s1. The summed E-state index contributed by atoms with van der Waals surface area (Å²) in [5, 5.41) is 16.6. The Morgan fingerprint density at radius 1 is 0.331 bits per heavy atom. The van der Waals surface area contributed by atoms with E-state index in [0.717, 1.165) is 27.8 Å². The van der Waals surface area contributed by atoms with Crippen LogP contribution >= 0.6 is 0 Å². The molecule has 0 spiro atoms. The normalized spacial score (nSPS) is 12.5. The van der Waals surface area contributed by atoms with E-state index in [1.807, 2.05) is 69.3 Å². The summed E-state index contributed by atoms with van der Waals surface area (Å²) < 4.78 is 138. The lowest BCUT2D eigenvalue weighted by Crippen LogP contribution is -2.56. The van der Waals surface area contributed by atoms with E-state index in [4.69, 9.17) is 124 Å². The molecular weight excluding hydrogens is 1660 g/mol. The second-order valence-electron chi connectivity index (χ2n) is 28.7. The molecule has 127 heavy (non-hydrogen) atoms. The number of hydrogen-bond acceptors (Lipinski definition) is 31. The molecule has 0 saturated heterocycles. The fourth-order valence-electron chi connectivity index (χ4n) is 11.7. The van der Waals surface area contributed by atoms with Crippen LogP contribution in [0.5, 0.6) is 0 Å². The van der Waals surface area contributed by atoms with E-state index in [2.05, 4.69) is 38.8 Å². The Morgan fingerprint density at radius 2 is 0.646 bits per heavy atom. The number of hydrogen-bond donors (Lipinski definition) is 7. The van der Waals surface area contributed by atoms with Gasteiger partial charge >= 0.3 is 18.2 Å². The van der Waals surface area contributed by atoms with Crippen LogP contribution < -0.4 is 37.6 Å². The third-order valence-electron chi connectivity index (χ3n) is 18.3. The van der Waals surface area contributed by atoms with Gasteiger partial charge in [0, 0.05) is 37.2 Å². The molecule has 38 heteroatoms. The lowest BCUT2D eigenvalue weighted by molar-refractivity contribution is -0.131. The number of carbonyl (C=O) groups is 6. The van der Waals surface area contributed by atoms with Crippen LogP contribution in [0.1, 0.15) is 81.9 Å². The summed E-state index contributed by atoms with van der Waals surface area (Å²) in [7, 11) is 0. The van der Waals surface area contributed by atoms with Crippen molar-refractivity contribution in [2.45, 2.75) is 83.3 Å². The van der Waals surface area contributed by atoms with Crippen LogP contribution in [0.2, 0.25) is 0 Å². The smallest absolute Gasteiger partial charge is 0.411 e. The highest BCUT2D eigenvalue weighted by molar-refractivity contribution is 5.91. The first kappa shape index (κ1) is 112. The van der Waals surface area contributed by atoms with Gasteiger partial charge in [0.15, 0.2) is 0 Å². The van der Waals surface area contributed by atoms with E-state index in [0.29, 0.717) is 335 Å². The number of benzene rings is 3. The zero-order chi connectivity index (χ0) is 90.8. The molecule has 3 aromatic rings. The summed E-state index contributed by atoms with van der Waals surface area (Å²) in [6.45, 7) is 30.2. The number of rotatable bonds is 90. The molecule has 1 aliphatic carbocycles. The van der Waals surface area contributed by atoms with Gasteiger partial charge < -0.3 is 151 Å². The zero-order valence-electron chi connectivity index (χ0n) is 75.4. The predicted molar refractivity (Wildman–Crippen MR) is 469 cm³/mol. The number of carbonyl (C=O) groups excluding carboxylic acids is 6. The Bertz CT molecular complexity index is 3120. The number of nitrogens with two attached hydrogens (primary N) is 1. The first-order chi connectivity index (χ1) is 62.3. The predicted octanol–water partition coefficient (Wildman–Crippen LogP) is 5.48. The maximum absolute atomic E-state index is 13.9. The molecule has 0 bridgehead atoms. The third kappa shape index (κ3) is 63.6. The maximum Gasteiger partial charge on any atom is 0.411 e. The average molecular weight is 1810 g/mol. The van der Waals surface area contributed by atoms with Crippen LogP contribution in [-0.4, -0.2) is 384 Å². The molecule has 0 aliphatic heterocycles. The molecule has 0 fully saturated rings. The molecule has 1 radical (unpaired) electrons. The molecule has 8 N–H and O–H groups in total. The lowest BCUT2D eigenvalue weighted by atomic mass is 9.98. The van der Waals surface area contributed by atoms with Gasteiger partial charge in [0.05, 0.1) is 304 Å². The molecule has 0 unspecified atom stereocenters. The molecule has 1 aliphatic rings. The molecule has 0 heterocycles. The first-order valence-corrected chi connectivity index (χ1v) is 44.5. The van der Waals surface area contributed by atoms with Crippen molar-refractivity contribution in [1.29, 1.82) is 0 Å². The highest BCUT2D eigenvalue weighted by Gasteiger charge is 2.32. The van der Waals surface area contributed by atoms with Crippen molar-refractivity contribution in [2.24, 2.45) is 11.7 Å². The second kappa shape index (κ2) is 81.0. The van der Waals surface area contributed by atoms with Crippen molar-refractivity contribution in [3.05, 3.63) is 96.4 Å². The second-order valence-corrected chi connectivity index (χ2v) is 28.7. The zero-order valence-corrected chi connectivity index (χ0v) is 75.4. The maximum atomic E-state index is 13.9. The fraction of sp³-hybridized carbons (Fsp3) is 0.719. The monoisotopic (exact) mass is 1810 g/mol. The van der Waals surface area contributed by atoms with Crippen LogP contribution in [-0.2, 0) is 133 Å². The Balaban J connectivity index is 0.771. The minimum absolute atomic E-state index is 0.0547. The van der Waals surface area contributed by atoms with Gasteiger partial charge in [-0.3, -0.25) is 19.7 Å². The van der Waals surface area contributed by atoms with Crippen molar-refractivity contribution in [1.82, 2.24) is 26.6 Å². The third-order valence-corrected chi connectivity index (χ3v) is 18.3. The topological polar surface area (TPSA) is 431 Å². The molecule has 725 valence electrons. The Labute approximate surface area is 750 Å². The van der Waals surface area contributed by atoms with Crippen molar-refractivity contribution in [3.63, 3.8) is 0 Å². The van der Waals surface area contributed by atoms with Crippen LogP contribution in [0.25, 0.3) is 11.1 Å². The number of nitrogens with one attached hydrogen (secondary N) is 6. The number of anilines is 1. The first-order valence-electron chi connectivity index (χ1n) is 44.5. The number of alkyl carbamates (subject to hydrolysis) is 1. The largest absolute Gasteiger partial charge is 0.449 e. The molecule has 38 nitrogen and oxygen atoms in total. The van der Waals surface area contributed by atoms with Gasteiger partial charge in [-0.25, -0.2) is 14.4 Å². The summed E-state index contributed by atoms with van der Waals surface area (Å²) in [5.74, 6) is -1.58. The van der Waals surface area contributed by atoms with Gasteiger partial charge in [-0.1, -0.05) is 74.5 Å². The van der Waals surface area contributed by atoms with Gasteiger partial charge in [-0.15, -0.1) is 0 Å². The van der Waals surface area contributed by atoms with Gasteiger partial charge in [-0.2, -0.15) is 0 Å². The van der Waals surface area contributed by atoms with Gasteiger partial charge in [-0.05, 0) is 91.8 Å². The molecule has 7 amide bonds. The number of fused-ring (bicyclic) bond motifs is 3. The molecule has 3 aromatic carbocycles. The Morgan fingerprint density at radius 3 is 0.976 bits per heavy atom. The molecule has 0 saturated carbocycles. The quantitative estimate of drug-likeness (QED) is 0.0344. The SMILES string of the molecule is [CH2]c1ccc(NC(=O)OCCOCCOCCOCCOCCOCCOCCOCCOCCOCCOCCOCCOCCOCCOCCOCCOCCOCCOCCOCCOCCOCCOCCOCCC(=O)NCCCC[C@H](NC(=O)OCC2c3ccccc3-c3ccccc32)C(=O)N[C@H](C(=O)N[C@@H](C)CCCNC(N)=O)C(C)C)cc1. The molecule has 4 rings (SSSR count). The number of amides is 7. The van der Waals surface area contributed by atoms with Crippen molar-refractivity contribution >= 4 is 41.6 Å². The van der Waals surface area contributed by atoms with Gasteiger partial charge in [0.2, 0.25) is 17.7 Å². The molecular formula is C89H148N7O31. The van der Waals surface area contributed by atoms with Crippen LogP contribution in [0, 0.1) is 12.8 Å². The van der Waals surface area contributed by atoms with Crippen molar-refractivity contribution in [3.8, 4) is 11.1 Å². The van der Waals surface area contributed by atoms with E-state index in [1.54, 1.807) is 24.3 Å². The summed E-state index contributed by atoms with van der Waals surface area (Å²) in [5.41, 5.74) is 10.9. The van der Waals surface area contributed by atoms with E-state index in [-0.39, 0.29) is 69.0 Å². The lowest BCUT2D eigenvalue weighted by Gasteiger charge is -2.27. The van der Waals surface area contributed by atoms with Crippen LogP contribution in [0.15, 0.2) is 72.8 Å². The van der Waals surface area contributed by atoms with E-state index >= 15 is 0 Å². The van der Waals surface area contributed by atoms with Gasteiger partial charge in [0.25, 0.3) is 0 Å². The highest BCUT2D eigenvalue weighted by atomic mass is 16.6. The summed E-state index contributed by atoms with van der Waals surface area (Å²) in [4.78, 5) is 76.4. The van der Waals surface area contributed by atoms with Crippen LogP contribution in [0.4, 0.5) is 20.1 Å².